The molecule has 0 spiro atoms. The van der Waals surface area contributed by atoms with E-state index in [1.807, 2.05) is 48.8 Å². The van der Waals surface area contributed by atoms with Crippen LogP contribution < -0.4 is 16.2 Å². The van der Waals surface area contributed by atoms with Gasteiger partial charge in [0, 0.05) is 12.6 Å². The van der Waals surface area contributed by atoms with E-state index >= 15 is 0 Å². The van der Waals surface area contributed by atoms with Crippen molar-refractivity contribution in [1.82, 2.24) is 14.8 Å². The van der Waals surface area contributed by atoms with E-state index < -0.39 is 0 Å². The maximum Gasteiger partial charge on any atom is 0.151 e. The lowest BCUT2D eigenvalue weighted by molar-refractivity contribution is 0.306. The Hall–Kier alpha value is -3.80. The van der Waals surface area contributed by atoms with Crippen LogP contribution in [-0.4, -0.2) is 14.8 Å². The van der Waals surface area contributed by atoms with Gasteiger partial charge in [0.25, 0.3) is 0 Å². The van der Waals surface area contributed by atoms with Crippen molar-refractivity contribution >= 4 is 11.6 Å². The summed E-state index contributed by atoms with van der Waals surface area (Å²) in [4.78, 5) is 4.07. The van der Waals surface area contributed by atoms with Gasteiger partial charge in [-0.3, -0.25) is 0 Å². The normalized spacial score (nSPS) is 10.7. The first-order valence-corrected chi connectivity index (χ1v) is 8.99. The van der Waals surface area contributed by atoms with Gasteiger partial charge in [-0.1, -0.05) is 42.5 Å². The Morgan fingerprint density at radius 2 is 1.61 bits per heavy atom. The van der Waals surface area contributed by atoms with Crippen LogP contribution in [0.1, 0.15) is 16.7 Å². The van der Waals surface area contributed by atoms with E-state index in [0.717, 1.165) is 23.3 Å². The molecule has 0 bridgehead atoms. The van der Waals surface area contributed by atoms with E-state index in [1.54, 1.807) is 10.7 Å². The van der Waals surface area contributed by atoms with E-state index in [2.05, 4.69) is 34.3 Å². The second-order valence-electron chi connectivity index (χ2n) is 6.53. The number of nitrogen functional groups attached to an aromatic ring is 2. The summed E-state index contributed by atoms with van der Waals surface area (Å²) in [5.74, 6) is 1.60. The lowest BCUT2D eigenvalue weighted by Crippen LogP contribution is -2.04. The molecule has 0 fully saturated rings. The van der Waals surface area contributed by atoms with Crippen LogP contribution in [0.5, 0.6) is 5.75 Å². The van der Waals surface area contributed by atoms with Gasteiger partial charge in [0.15, 0.2) is 5.82 Å². The number of rotatable bonds is 6. The van der Waals surface area contributed by atoms with Gasteiger partial charge in [0.1, 0.15) is 23.9 Å². The van der Waals surface area contributed by atoms with Crippen molar-refractivity contribution in [3.8, 4) is 11.4 Å². The number of benzene rings is 2. The number of nitrogens with zero attached hydrogens (tertiary/aromatic N) is 3. The van der Waals surface area contributed by atoms with Crippen molar-refractivity contribution in [2.24, 2.45) is 0 Å². The first-order chi connectivity index (χ1) is 13.7. The molecule has 0 amide bonds. The standard InChI is InChI=1S/C22H21N5O/c23-21-11-10-20(22(24)26-21)27-14-18(13-25-27)12-16-6-8-19(9-7-16)28-15-17-4-2-1-3-5-17/h1-11,13-14H,12,15H2,(H4,23,24,26). The van der Waals surface area contributed by atoms with Crippen molar-refractivity contribution in [3.63, 3.8) is 0 Å². The molecule has 2 aromatic heterocycles. The smallest absolute Gasteiger partial charge is 0.151 e. The average Bonchev–Trinajstić information content (AvgIpc) is 3.16. The van der Waals surface area contributed by atoms with E-state index in [0.29, 0.717) is 23.9 Å². The van der Waals surface area contributed by atoms with Crippen LogP contribution in [0.4, 0.5) is 11.6 Å². The Balaban J connectivity index is 1.40. The SMILES string of the molecule is Nc1ccc(-n2cc(Cc3ccc(OCc4ccccc4)cc3)cn2)c(N)n1. The molecule has 0 saturated heterocycles. The Bertz CT molecular complexity index is 1060. The van der Waals surface area contributed by atoms with E-state index in [1.165, 1.54) is 5.56 Å². The Morgan fingerprint density at radius 1 is 0.821 bits per heavy atom. The summed E-state index contributed by atoms with van der Waals surface area (Å²) in [5.41, 5.74) is 15.7. The van der Waals surface area contributed by atoms with Crippen LogP contribution in [0.3, 0.4) is 0 Å². The van der Waals surface area contributed by atoms with Gasteiger partial charge >= 0.3 is 0 Å². The highest BCUT2D eigenvalue weighted by Crippen LogP contribution is 2.19. The molecular weight excluding hydrogens is 350 g/mol. The van der Waals surface area contributed by atoms with Gasteiger partial charge in [0.2, 0.25) is 0 Å². The Kier molecular flexibility index (Phi) is 4.93. The maximum absolute atomic E-state index is 5.94. The number of nitrogens with two attached hydrogens (primary N) is 2. The van der Waals surface area contributed by atoms with Crippen LogP contribution >= 0.6 is 0 Å². The Morgan fingerprint density at radius 3 is 2.36 bits per heavy atom. The molecule has 0 aliphatic rings. The van der Waals surface area contributed by atoms with Crippen LogP contribution in [0.2, 0.25) is 0 Å². The molecule has 140 valence electrons. The lowest BCUT2D eigenvalue weighted by atomic mass is 10.1. The van der Waals surface area contributed by atoms with Gasteiger partial charge in [-0.25, -0.2) is 9.67 Å². The van der Waals surface area contributed by atoms with Crippen LogP contribution in [0.15, 0.2) is 79.1 Å². The molecule has 2 heterocycles. The molecule has 28 heavy (non-hydrogen) atoms. The van der Waals surface area contributed by atoms with Gasteiger partial charge in [0.05, 0.1) is 6.20 Å². The second-order valence-corrected chi connectivity index (χ2v) is 6.53. The fourth-order valence-electron chi connectivity index (χ4n) is 2.94. The van der Waals surface area contributed by atoms with Crippen molar-refractivity contribution < 1.29 is 4.74 Å². The highest BCUT2D eigenvalue weighted by molar-refractivity contribution is 5.55. The van der Waals surface area contributed by atoms with Crippen LogP contribution in [-0.2, 0) is 13.0 Å². The van der Waals surface area contributed by atoms with Gasteiger partial charge < -0.3 is 16.2 Å². The third kappa shape index (κ3) is 4.12. The van der Waals surface area contributed by atoms with Gasteiger partial charge in [-0.2, -0.15) is 5.10 Å². The van der Waals surface area contributed by atoms with Crippen molar-refractivity contribution in [3.05, 3.63) is 95.8 Å². The number of aromatic nitrogens is 3. The summed E-state index contributed by atoms with van der Waals surface area (Å²) >= 11 is 0. The van der Waals surface area contributed by atoms with E-state index in [-0.39, 0.29) is 0 Å². The molecule has 4 aromatic rings. The predicted octanol–water partition coefficient (Wildman–Crippen LogP) is 3.60. The van der Waals surface area contributed by atoms with Crippen molar-refractivity contribution in [2.75, 3.05) is 11.5 Å². The molecule has 0 aliphatic heterocycles. The zero-order chi connectivity index (χ0) is 19.3. The van der Waals surface area contributed by atoms with E-state index in [4.69, 9.17) is 16.2 Å². The minimum atomic E-state index is 0.356. The van der Waals surface area contributed by atoms with Crippen molar-refractivity contribution in [1.29, 1.82) is 0 Å². The largest absolute Gasteiger partial charge is 0.489 e. The second kappa shape index (κ2) is 7.84. The molecule has 0 saturated carbocycles. The summed E-state index contributed by atoms with van der Waals surface area (Å²) in [6, 6.07) is 21.8. The van der Waals surface area contributed by atoms with Gasteiger partial charge in [-0.05, 0) is 41.0 Å². The van der Waals surface area contributed by atoms with E-state index in [9.17, 15) is 0 Å². The highest BCUT2D eigenvalue weighted by Gasteiger charge is 2.07. The third-order valence-corrected chi connectivity index (χ3v) is 4.39. The topological polar surface area (TPSA) is 92.0 Å². The summed E-state index contributed by atoms with van der Waals surface area (Å²) in [5, 5.41) is 4.38. The molecule has 4 N–H and O–H groups in total. The molecule has 6 nitrogen and oxygen atoms in total. The minimum Gasteiger partial charge on any atom is -0.489 e. The molecule has 0 atom stereocenters. The summed E-state index contributed by atoms with van der Waals surface area (Å²) in [6.45, 7) is 0.560. The first kappa shape index (κ1) is 17.6. The summed E-state index contributed by atoms with van der Waals surface area (Å²) in [6.07, 6.45) is 4.54. The zero-order valence-corrected chi connectivity index (χ0v) is 15.3. The number of ether oxygens (including phenoxy) is 1. The number of hydrogen-bond donors (Lipinski definition) is 2. The fourth-order valence-corrected chi connectivity index (χ4v) is 2.94. The lowest BCUT2D eigenvalue weighted by Gasteiger charge is -2.07. The van der Waals surface area contributed by atoms with Crippen molar-refractivity contribution in [2.45, 2.75) is 13.0 Å². The first-order valence-electron chi connectivity index (χ1n) is 8.99. The molecule has 0 unspecified atom stereocenters. The quantitative estimate of drug-likeness (QED) is 0.540. The maximum atomic E-state index is 5.94. The molecule has 4 rings (SSSR count). The Labute approximate surface area is 163 Å². The number of hydrogen-bond acceptors (Lipinski definition) is 5. The number of pyridine rings is 1. The molecule has 2 aromatic carbocycles. The monoisotopic (exact) mass is 371 g/mol. The zero-order valence-electron chi connectivity index (χ0n) is 15.3. The summed E-state index contributed by atoms with van der Waals surface area (Å²) in [7, 11) is 0. The number of anilines is 2. The van der Waals surface area contributed by atoms with Crippen LogP contribution in [0.25, 0.3) is 5.69 Å². The molecule has 6 heteroatoms. The third-order valence-electron chi connectivity index (χ3n) is 4.39. The van der Waals surface area contributed by atoms with Crippen LogP contribution in [0, 0.1) is 0 Å². The average molecular weight is 371 g/mol. The molecule has 0 aliphatic carbocycles. The molecular formula is C22H21N5O. The minimum absolute atomic E-state index is 0.356. The highest BCUT2D eigenvalue weighted by atomic mass is 16.5. The molecule has 0 radical (unpaired) electrons. The summed E-state index contributed by atoms with van der Waals surface area (Å²) < 4.78 is 7.55. The van der Waals surface area contributed by atoms with Gasteiger partial charge in [-0.15, -0.1) is 0 Å². The predicted molar refractivity (Wildman–Crippen MR) is 110 cm³/mol. The fraction of sp³-hybridized carbons (Fsp3) is 0.0909.